The first-order valence-corrected chi connectivity index (χ1v) is 7.59. The van der Waals surface area contributed by atoms with Crippen molar-refractivity contribution >= 4 is 5.91 Å². The van der Waals surface area contributed by atoms with Crippen LogP contribution in [-0.2, 0) is 0 Å². The number of hydrogen-bond acceptors (Lipinski definition) is 2. The van der Waals surface area contributed by atoms with Crippen LogP contribution >= 0.6 is 0 Å². The van der Waals surface area contributed by atoms with Crippen molar-refractivity contribution < 1.29 is 4.79 Å². The number of rotatable bonds is 3. The molecule has 2 unspecified atom stereocenters. The Bertz CT molecular complexity index is 484. The Morgan fingerprint density at radius 2 is 2.00 bits per heavy atom. The number of hydrogen-bond donors (Lipinski definition) is 1. The Hall–Kier alpha value is -1.35. The van der Waals surface area contributed by atoms with Gasteiger partial charge in [-0.2, -0.15) is 0 Å². The van der Waals surface area contributed by atoms with Crippen molar-refractivity contribution in [1.82, 2.24) is 4.90 Å². The van der Waals surface area contributed by atoms with Gasteiger partial charge in [0.05, 0.1) is 0 Å². The van der Waals surface area contributed by atoms with Gasteiger partial charge in [0.15, 0.2) is 0 Å². The molecule has 0 bridgehead atoms. The van der Waals surface area contributed by atoms with Crippen molar-refractivity contribution in [2.75, 3.05) is 13.6 Å². The lowest BCUT2D eigenvalue weighted by molar-refractivity contribution is 0.0619. The van der Waals surface area contributed by atoms with Crippen LogP contribution in [-0.4, -0.2) is 30.4 Å². The normalized spacial score (nSPS) is 22.6. The van der Waals surface area contributed by atoms with Gasteiger partial charge in [0.1, 0.15) is 0 Å². The lowest BCUT2D eigenvalue weighted by Gasteiger charge is -2.37. The summed E-state index contributed by atoms with van der Waals surface area (Å²) < 4.78 is 0. The summed E-state index contributed by atoms with van der Waals surface area (Å²) in [6, 6.07) is 6.36. The van der Waals surface area contributed by atoms with Gasteiger partial charge >= 0.3 is 0 Å². The number of carbonyl (C=O) groups excluding carboxylic acids is 1. The maximum absolute atomic E-state index is 12.8. The number of aryl methyl sites for hydroxylation is 2. The third kappa shape index (κ3) is 3.04. The SMILES string of the molecule is Cc1ccc(C)c(C(=O)N(C)C2CCCCC2CN)c1. The van der Waals surface area contributed by atoms with E-state index in [9.17, 15) is 4.79 Å². The minimum Gasteiger partial charge on any atom is -0.338 e. The van der Waals surface area contributed by atoms with Crippen LogP contribution < -0.4 is 5.73 Å². The van der Waals surface area contributed by atoms with E-state index in [1.807, 2.05) is 37.9 Å². The summed E-state index contributed by atoms with van der Waals surface area (Å²) in [4.78, 5) is 14.7. The van der Waals surface area contributed by atoms with Gasteiger partial charge in [0.2, 0.25) is 0 Å². The van der Waals surface area contributed by atoms with Gasteiger partial charge in [0.25, 0.3) is 5.91 Å². The highest BCUT2D eigenvalue weighted by molar-refractivity contribution is 5.95. The van der Waals surface area contributed by atoms with E-state index in [-0.39, 0.29) is 5.91 Å². The molecule has 1 amide bonds. The van der Waals surface area contributed by atoms with Crippen LogP contribution in [0.1, 0.15) is 47.2 Å². The highest BCUT2D eigenvalue weighted by atomic mass is 16.2. The van der Waals surface area contributed by atoms with Gasteiger partial charge in [-0.15, -0.1) is 0 Å². The number of amides is 1. The lowest BCUT2D eigenvalue weighted by atomic mass is 9.83. The summed E-state index contributed by atoms with van der Waals surface area (Å²) >= 11 is 0. The first-order valence-electron chi connectivity index (χ1n) is 7.59. The van der Waals surface area contributed by atoms with Gasteiger partial charge in [-0.3, -0.25) is 4.79 Å². The Morgan fingerprint density at radius 3 is 2.70 bits per heavy atom. The Balaban J connectivity index is 2.21. The van der Waals surface area contributed by atoms with Crippen molar-refractivity contribution in [1.29, 1.82) is 0 Å². The second-order valence-corrected chi connectivity index (χ2v) is 6.08. The molecule has 3 nitrogen and oxygen atoms in total. The molecule has 1 fully saturated rings. The monoisotopic (exact) mass is 274 g/mol. The first-order chi connectivity index (χ1) is 9.54. The molecule has 0 spiro atoms. The van der Waals surface area contributed by atoms with E-state index in [2.05, 4.69) is 6.07 Å². The van der Waals surface area contributed by atoms with E-state index in [0.29, 0.717) is 18.5 Å². The second-order valence-electron chi connectivity index (χ2n) is 6.08. The zero-order valence-electron chi connectivity index (χ0n) is 12.9. The average molecular weight is 274 g/mol. The van der Waals surface area contributed by atoms with E-state index >= 15 is 0 Å². The zero-order chi connectivity index (χ0) is 14.7. The maximum atomic E-state index is 12.8. The van der Waals surface area contributed by atoms with Gasteiger partial charge in [0, 0.05) is 18.7 Å². The molecule has 0 radical (unpaired) electrons. The van der Waals surface area contributed by atoms with E-state index in [1.54, 1.807) is 0 Å². The lowest BCUT2D eigenvalue weighted by Crippen LogP contribution is -2.46. The van der Waals surface area contributed by atoms with Crippen LogP contribution in [0.2, 0.25) is 0 Å². The fourth-order valence-electron chi connectivity index (χ4n) is 3.28. The van der Waals surface area contributed by atoms with Crippen LogP contribution in [0.4, 0.5) is 0 Å². The number of benzene rings is 1. The maximum Gasteiger partial charge on any atom is 0.254 e. The fraction of sp³-hybridized carbons (Fsp3) is 0.588. The molecule has 20 heavy (non-hydrogen) atoms. The first kappa shape index (κ1) is 15.0. The Morgan fingerprint density at radius 1 is 1.30 bits per heavy atom. The zero-order valence-corrected chi connectivity index (χ0v) is 12.9. The molecule has 1 aliphatic rings. The molecular weight excluding hydrogens is 248 g/mol. The van der Waals surface area contributed by atoms with Crippen LogP contribution in [0.15, 0.2) is 18.2 Å². The van der Waals surface area contributed by atoms with E-state index in [1.165, 1.54) is 12.8 Å². The highest BCUT2D eigenvalue weighted by Gasteiger charge is 2.30. The Kier molecular flexibility index (Phi) is 4.81. The predicted octanol–water partition coefficient (Wildman–Crippen LogP) is 2.89. The second kappa shape index (κ2) is 6.40. The van der Waals surface area contributed by atoms with Crippen LogP contribution in [0.3, 0.4) is 0 Å². The molecular formula is C17H26N2O. The molecule has 2 rings (SSSR count). The molecule has 0 aliphatic heterocycles. The smallest absolute Gasteiger partial charge is 0.254 e. The molecule has 110 valence electrons. The molecule has 2 N–H and O–H groups in total. The third-order valence-electron chi connectivity index (χ3n) is 4.61. The highest BCUT2D eigenvalue weighted by Crippen LogP contribution is 2.28. The van der Waals surface area contributed by atoms with E-state index < -0.39 is 0 Å². The molecule has 1 saturated carbocycles. The number of nitrogens with zero attached hydrogens (tertiary/aromatic N) is 1. The van der Waals surface area contributed by atoms with Crippen LogP contribution in [0, 0.1) is 19.8 Å². The van der Waals surface area contributed by atoms with E-state index in [0.717, 1.165) is 29.5 Å². The quantitative estimate of drug-likeness (QED) is 0.921. The number of carbonyl (C=O) groups is 1. The Labute approximate surface area is 122 Å². The van der Waals surface area contributed by atoms with Crippen molar-refractivity contribution in [3.8, 4) is 0 Å². The largest absolute Gasteiger partial charge is 0.338 e. The predicted molar refractivity (Wildman–Crippen MR) is 82.8 cm³/mol. The van der Waals surface area contributed by atoms with Crippen molar-refractivity contribution in [2.45, 2.75) is 45.6 Å². The van der Waals surface area contributed by atoms with Gasteiger partial charge < -0.3 is 10.6 Å². The molecule has 2 atom stereocenters. The standard InChI is InChI=1S/C17H26N2O/c1-12-8-9-13(2)15(10-12)17(20)19(3)16-7-5-4-6-14(16)11-18/h8-10,14,16H,4-7,11,18H2,1-3H3. The topological polar surface area (TPSA) is 46.3 Å². The summed E-state index contributed by atoms with van der Waals surface area (Å²) in [5.74, 6) is 0.583. The molecule has 1 aliphatic carbocycles. The van der Waals surface area contributed by atoms with Crippen LogP contribution in [0.5, 0.6) is 0 Å². The number of nitrogens with two attached hydrogens (primary N) is 1. The average Bonchev–Trinajstić information content (AvgIpc) is 2.48. The summed E-state index contributed by atoms with van der Waals surface area (Å²) in [5, 5.41) is 0. The fourth-order valence-corrected chi connectivity index (χ4v) is 3.28. The third-order valence-corrected chi connectivity index (χ3v) is 4.61. The molecule has 1 aromatic carbocycles. The molecule has 0 saturated heterocycles. The summed E-state index contributed by atoms with van der Waals surface area (Å²) in [7, 11) is 1.93. The van der Waals surface area contributed by atoms with E-state index in [4.69, 9.17) is 5.73 Å². The van der Waals surface area contributed by atoms with Gasteiger partial charge in [-0.25, -0.2) is 0 Å². The molecule has 3 heteroatoms. The molecule has 0 heterocycles. The minimum atomic E-state index is 0.136. The minimum absolute atomic E-state index is 0.136. The molecule has 0 aromatic heterocycles. The van der Waals surface area contributed by atoms with Gasteiger partial charge in [-0.05, 0) is 50.8 Å². The molecule has 1 aromatic rings. The summed E-state index contributed by atoms with van der Waals surface area (Å²) in [6.45, 7) is 4.70. The van der Waals surface area contributed by atoms with Crippen molar-refractivity contribution in [2.24, 2.45) is 11.7 Å². The van der Waals surface area contributed by atoms with Gasteiger partial charge in [-0.1, -0.05) is 30.5 Å². The summed E-state index contributed by atoms with van der Waals surface area (Å²) in [6.07, 6.45) is 4.66. The van der Waals surface area contributed by atoms with Crippen molar-refractivity contribution in [3.05, 3.63) is 34.9 Å². The van der Waals surface area contributed by atoms with Crippen LogP contribution in [0.25, 0.3) is 0 Å². The summed E-state index contributed by atoms with van der Waals surface area (Å²) in [5.41, 5.74) is 8.89. The van der Waals surface area contributed by atoms with Crippen molar-refractivity contribution in [3.63, 3.8) is 0 Å².